The van der Waals surface area contributed by atoms with E-state index in [4.69, 9.17) is 26.2 Å². The topological polar surface area (TPSA) is 133 Å². The molecule has 4 atom stereocenters. The number of aromatic nitrogens is 3. The van der Waals surface area contributed by atoms with E-state index in [0.717, 1.165) is 54.9 Å². The minimum atomic E-state index is -0.639. The lowest BCUT2D eigenvalue weighted by molar-refractivity contribution is 0.0701. The van der Waals surface area contributed by atoms with E-state index < -0.39 is 5.54 Å². The Bertz CT molecular complexity index is 1620. The Balaban J connectivity index is 1.48. The number of nitrogen functional groups attached to an aromatic ring is 2. The first-order chi connectivity index (χ1) is 21.1. The highest BCUT2D eigenvalue weighted by Crippen LogP contribution is 2.50. The summed E-state index contributed by atoms with van der Waals surface area (Å²) in [5.41, 5.74) is 16.4. The number of nitrogens with zero attached hydrogens (tertiary/aromatic N) is 7. The highest BCUT2D eigenvalue weighted by molar-refractivity contribution is 5.64. The maximum Gasteiger partial charge on any atom is 0.318 e. The number of likely N-dealkylation sites (N-methyl/N-ethyl adjacent to an activating group) is 2. The van der Waals surface area contributed by atoms with Crippen LogP contribution in [0.2, 0.25) is 0 Å². The van der Waals surface area contributed by atoms with Gasteiger partial charge < -0.3 is 21.1 Å². The molecule has 10 nitrogen and oxygen atoms in total. The van der Waals surface area contributed by atoms with Gasteiger partial charge in [-0.1, -0.05) is 6.07 Å². The lowest BCUT2D eigenvalue weighted by atomic mass is 9.68. The van der Waals surface area contributed by atoms with Crippen molar-refractivity contribution in [2.24, 2.45) is 0 Å². The SMILES string of the molecule is C[C@H](Oc1nc2c(c(N(C)[C@H](C)c3cccnc3N)n1)CN(C)[C@@]1(CCCc3c(F)cc(N)c(C#N)c31)C2)[C@@H]1CCCN1C. The molecule has 44 heavy (non-hydrogen) atoms. The third kappa shape index (κ3) is 4.90. The Hall–Kier alpha value is -4.01. The van der Waals surface area contributed by atoms with Crippen molar-refractivity contribution in [1.82, 2.24) is 24.8 Å². The normalized spacial score (nSPS) is 23.1. The molecule has 4 heterocycles. The van der Waals surface area contributed by atoms with Crippen LogP contribution in [0.1, 0.15) is 79.1 Å². The van der Waals surface area contributed by atoms with Gasteiger partial charge in [0.2, 0.25) is 0 Å². The number of anilines is 3. The van der Waals surface area contributed by atoms with E-state index in [1.807, 2.05) is 26.2 Å². The van der Waals surface area contributed by atoms with Crippen LogP contribution < -0.4 is 21.1 Å². The molecule has 11 heteroatoms. The van der Waals surface area contributed by atoms with Gasteiger partial charge in [-0.05, 0) is 89.9 Å². The van der Waals surface area contributed by atoms with Crippen LogP contribution in [-0.4, -0.2) is 64.6 Å². The molecule has 1 aliphatic carbocycles. The Labute approximate surface area is 258 Å². The van der Waals surface area contributed by atoms with Gasteiger partial charge in [0.15, 0.2) is 0 Å². The van der Waals surface area contributed by atoms with Gasteiger partial charge >= 0.3 is 6.01 Å². The first kappa shape index (κ1) is 30.0. The molecule has 0 radical (unpaired) electrons. The highest BCUT2D eigenvalue weighted by atomic mass is 19.1. The summed E-state index contributed by atoms with van der Waals surface area (Å²) in [7, 11) is 6.17. The summed E-state index contributed by atoms with van der Waals surface area (Å²) in [6.07, 6.45) is 6.36. The summed E-state index contributed by atoms with van der Waals surface area (Å²) >= 11 is 0. The van der Waals surface area contributed by atoms with Gasteiger partial charge in [-0.2, -0.15) is 15.2 Å². The number of hydrogen-bond donors (Lipinski definition) is 2. The molecule has 1 spiro atoms. The average Bonchev–Trinajstić information content (AvgIpc) is 3.43. The largest absolute Gasteiger partial charge is 0.459 e. The van der Waals surface area contributed by atoms with Crippen LogP contribution in [0.25, 0.3) is 0 Å². The molecule has 1 fully saturated rings. The molecule has 1 saturated heterocycles. The lowest BCUT2D eigenvalue weighted by Gasteiger charge is -2.50. The summed E-state index contributed by atoms with van der Waals surface area (Å²) in [6, 6.07) is 7.92. The van der Waals surface area contributed by atoms with Gasteiger partial charge in [0.25, 0.3) is 0 Å². The third-order valence-electron chi connectivity index (χ3n) is 10.3. The quantitative estimate of drug-likeness (QED) is 0.395. The van der Waals surface area contributed by atoms with Crippen molar-refractivity contribution in [2.45, 2.75) is 82.6 Å². The molecule has 6 rings (SSSR count). The molecule has 232 valence electrons. The standard InChI is InChI=1S/C33H42FN9O/c1-19(21-10-7-13-38-30(21)37)43(5)31-24-18-42(4)33(12-6-9-22-25(34)15-26(36)23(17-35)29(22)33)16-27(24)39-32(40-31)44-20(2)28-11-8-14-41(28)3/h7,10,13,15,19-20,28H,6,8-9,11-12,14,16,18,36H2,1-5H3,(H2,37,38)/t19-,20+,28+,33+/m1/s1. The molecular weight excluding hydrogens is 557 g/mol. The maximum atomic E-state index is 15.4. The first-order valence-corrected chi connectivity index (χ1v) is 15.5. The molecule has 4 N–H and O–H groups in total. The average molecular weight is 600 g/mol. The number of ether oxygens (including phenoxy) is 1. The number of pyridine rings is 1. The van der Waals surface area contributed by atoms with Crippen molar-refractivity contribution in [2.75, 3.05) is 44.1 Å². The van der Waals surface area contributed by atoms with Crippen molar-refractivity contribution in [3.63, 3.8) is 0 Å². The molecule has 3 aliphatic rings. The molecule has 0 bridgehead atoms. The van der Waals surface area contributed by atoms with Gasteiger partial charge in [-0.15, -0.1) is 0 Å². The maximum absolute atomic E-state index is 15.4. The number of halogens is 1. The van der Waals surface area contributed by atoms with Gasteiger partial charge in [0, 0.05) is 43.4 Å². The number of hydrogen-bond acceptors (Lipinski definition) is 10. The fraction of sp³-hybridized carbons (Fsp3) is 0.515. The van der Waals surface area contributed by atoms with E-state index in [1.165, 1.54) is 6.07 Å². The van der Waals surface area contributed by atoms with Crippen LogP contribution >= 0.6 is 0 Å². The Morgan fingerprint density at radius 2 is 2.00 bits per heavy atom. The van der Waals surface area contributed by atoms with Crippen LogP contribution in [0.4, 0.5) is 21.7 Å². The second-order valence-electron chi connectivity index (χ2n) is 12.7. The van der Waals surface area contributed by atoms with Gasteiger partial charge in [-0.25, -0.2) is 9.37 Å². The van der Waals surface area contributed by atoms with E-state index in [2.05, 4.69) is 46.6 Å². The number of likely N-dealkylation sites (tertiary alicyclic amines) is 1. The van der Waals surface area contributed by atoms with Crippen LogP contribution in [0.5, 0.6) is 6.01 Å². The fourth-order valence-electron chi connectivity index (χ4n) is 7.73. The first-order valence-electron chi connectivity index (χ1n) is 15.5. The number of nitrogens with two attached hydrogens (primary N) is 2. The van der Waals surface area contributed by atoms with E-state index in [0.29, 0.717) is 47.9 Å². The minimum Gasteiger partial charge on any atom is -0.459 e. The molecule has 3 aromatic rings. The van der Waals surface area contributed by atoms with E-state index in [-0.39, 0.29) is 29.7 Å². The van der Waals surface area contributed by atoms with Gasteiger partial charge in [0.1, 0.15) is 29.6 Å². The summed E-state index contributed by atoms with van der Waals surface area (Å²) in [6.45, 7) is 5.70. The van der Waals surface area contributed by atoms with Crippen molar-refractivity contribution in [3.05, 3.63) is 63.7 Å². The van der Waals surface area contributed by atoms with Gasteiger partial charge in [-0.3, -0.25) is 9.80 Å². The smallest absolute Gasteiger partial charge is 0.318 e. The Morgan fingerprint density at radius 1 is 1.20 bits per heavy atom. The minimum absolute atomic E-state index is 0.111. The summed E-state index contributed by atoms with van der Waals surface area (Å²) in [5, 5.41) is 10.2. The lowest BCUT2D eigenvalue weighted by Crippen LogP contribution is -2.51. The summed E-state index contributed by atoms with van der Waals surface area (Å²) in [4.78, 5) is 21.0. The predicted molar refractivity (Wildman–Crippen MR) is 169 cm³/mol. The van der Waals surface area contributed by atoms with Crippen LogP contribution in [-0.2, 0) is 24.9 Å². The molecule has 0 unspecified atom stereocenters. The van der Waals surface area contributed by atoms with Crippen LogP contribution in [0.15, 0.2) is 24.4 Å². The second-order valence-corrected chi connectivity index (χ2v) is 12.7. The predicted octanol–water partition coefficient (Wildman–Crippen LogP) is 4.33. The zero-order chi connectivity index (χ0) is 31.3. The number of nitriles is 1. The molecule has 1 aromatic carbocycles. The molecule has 0 amide bonds. The van der Waals surface area contributed by atoms with Crippen molar-refractivity contribution in [1.29, 1.82) is 5.26 Å². The third-order valence-corrected chi connectivity index (χ3v) is 10.3. The van der Waals surface area contributed by atoms with Crippen LogP contribution in [0, 0.1) is 17.1 Å². The zero-order valence-corrected chi connectivity index (χ0v) is 26.3. The van der Waals surface area contributed by atoms with E-state index >= 15 is 4.39 Å². The highest BCUT2D eigenvalue weighted by Gasteiger charge is 2.48. The monoisotopic (exact) mass is 599 g/mol. The number of rotatable bonds is 6. The number of fused-ring (bicyclic) bond motifs is 3. The number of benzene rings is 1. The zero-order valence-electron chi connectivity index (χ0n) is 26.3. The van der Waals surface area contributed by atoms with Crippen LogP contribution in [0.3, 0.4) is 0 Å². The van der Waals surface area contributed by atoms with Gasteiger partial charge in [0.05, 0.1) is 28.5 Å². The van der Waals surface area contributed by atoms with Crippen molar-refractivity contribution in [3.8, 4) is 12.1 Å². The molecular formula is C33H42FN9O. The summed E-state index contributed by atoms with van der Waals surface area (Å²) < 4.78 is 21.9. The van der Waals surface area contributed by atoms with Crippen molar-refractivity contribution >= 4 is 17.3 Å². The van der Waals surface area contributed by atoms with Crippen molar-refractivity contribution < 1.29 is 9.13 Å². The second kappa shape index (κ2) is 11.5. The van der Waals surface area contributed by atoms with E-state index in [9.17, 15) is 5.26 Å². The summed E-state index contributed by atoms with van der Waals surface area (Å²) in [5.74, 6) is 0.881. The molecule has 2 aromatic heterocycles. The van der Waals surface area contributed by atoms with E-state index in [1.54, 1.807) is 6.20 Å². The Kier molecular flexibility index (Phi) is 7.84. The fourth-order valence-corrected chi connectivity index (χ4v) is 7.73. The molecule has 2 aliphatic heterocycles. The Morgan fingerprint density at radius 3 is 2.70 bits per heavy atom. The molecule has 0 saturated carbocycles.